The second-order valence-electron chi connectivity index (χ2n) is 9.22. The molecule has 0 aliphatic carbocycles. The molecule has 0 aromatic carbocycles. The highest BCUT2D eigenvalue weighted by Crippen LogP contribution is 2.43. The van der Waals surface area contributed by atoms with E-state index in [0.29, 0.717) is 35.7 Å². The normalized spacial score (nSPS) is 15.5. The number of ether oxygens (including phenoxy) is 2. The van der Waals surface area contributed by atoms with Gasteiger partial charge in [0.25, 0.3) is 0 Å². The number of rotatable bonds is 5. The summed E-state index contributed by atoms with van der Waals surface area (Å²) in [6.45, 7) is 3.10. The zero-order valence-electron chi connectivity index (χ0n) is 20.7. The Morgan fingerprint density at radius 2 is 2.00 bits per heavy atom. The smallest absolute Gasteiger partial charge is 0.226 e. The fraction of sp³-hybridized carbons (Fsp3) is 0.346. The monoisotopic (exact) mass is 521 g/mol. The largest absolute Gasteiger partial charge is 0.480 e. The first-order valence-electron chi connectivity index (χ1n) is 12.1. The maximum atomic E-state index is 15.4. The van der Waals surface area contributed by atoms with E-state index in [-0.39, 0.29) is 16.9 Å². The maximum Gasteiger partial charge on any atom is 0.226 e. The second kappa shape index (κ2) is 9.35. The standard InChI is InChI=1S/C26H25ClFN7O2/c1-14-24(34(2)33-32-14)16-11-19-23(30-13-16)21-18(12-20(27)31-26(21)36-3)35(19)25(15-6-9-37-10-7-15)22-17(28)5-4-8-29-22/h4-5,8,11-13,15,25H,6-7,9-10H2,1-3H3/t25-/m0/s1. The molecule has 0 saturated carbocycles. The lowest BCUT2D eigenvalue weighted by Crippen LogP contribution is -2.28. The zero-order chi connectivity index (χ0) is 25.7. The maximum absolute atomic E-state index is 15.4. The van der Waals surface area contributed by atoms with Gasteiger partial charge in [-0.05, 0) is 43.9 Å². The highest BCUT2D eigenvalue weighted by atomic mass is 35.5. The molecular formula is C26H25ClFN7O2. The summed E-state index contributed by atoms with van der Waals surface area (Å²) in [5.41, 5.74) is 5.05. The van der Waals surface area contributed by atoms with Gasteiger partial charge in [0.2, 0.25) is 5.88 Å². The Morgan fingerprint density at radius 1 is 1.19 bits per heavy atom. The molecule has 5 aromatic rings. The van der Waals surface area contributed by atoms with Crippen molar-refractivity contribution in [3.8, 4) is 17.1 Å². The highest BCUT2D eigenvalue weighted by molar-refractivity contribution is 6.30. The number of methoxy groups -OCH3 is 1. The molecular weight excluding hydrogens is 497 g/mol. The molecule has 9 nitrogen and oxygen atoms in total. The van der Waals surface area contributed by atoms with E-state index < -0.39 is 6.04 Å². The van der Waals surface area contributed by atoms with Crippen LogP contribution >= 0.6 is 11.6 Å². The molecule has 1 atom stereocenters. The molecule has 1 saturated heterocycles. The van der Waals surface area contributed by atoms with Crippen molar-refractivity contribution in [1.29, 1.82) is 0 Å². The van der Waals surface area contributed by atoms with Gasteiger partial charge < -0.3 is 14.0 Å². The minimum Gasteiger partial charge on any atom is -0.480 e. The van der Waals surface area contributed by atoms with Crippen molar-refractivity contribution in [2.75, 3.05) is 20.3 Å². The lowest BCUT2D eigenvalue weighted by Gasteiger charge is -2.32. The van der Waals surface area contributed by atoms with Crippen molar-refractivity contribution in [3.63, 3.8) is 0 Å². The number of hydrogen-bond acceptors (Lipinski definition) is 7. The summed E-state index contributed by atoms with van der Waals surface area (Å²) in [6, 6.07) is 6.44. The Balaban J connectivity index is 1.73. The molecule has 0 radical (unpaired) electrons. The van der Waals surface area contributed by atoms with Crippen LogP contribution in [0.5, 0.6) is 5.88 Å². The van der Waals surface area contributed by atoms with Crippen molar-refractivity contribution in [2.24, 2.45) is 13.0 Å². The molecule has 0 amide bonds. The number of fused-ring (bicyclic) bond motifs is 3. The van der Waals surface area contributed by atoms with E-state index in [2.05, 4.69) is 24.8 Å². The number of hydrogen-bond donors (Lipinski definition) is 0. The highest BCUT2D eigenvalue weighted by Gasteiger charge is 2.34. The molecule has 37 heavy (non-hydrogen) atoms. The van der Waals surface area contributed by atoms with Crippen LogP contribution in [-0.4, -0.2) is 54.8 Å². The van der Waals surface area contributed by atoms with Gasteiger partial charge in [0.15, 0.2) is 0 Å². The SMILES string of the molecule is COc1nc(Cl)cc2c1c1ncc(-c3c(C)nnn3C)cc1n2[C@H](c1ncccc1F)C1CCOCC1. The van der Waals surface area contributed by atoms with E-state index in [1.165, 1.54) is 6.07 Å². The second-order valence-corrected chi connectivity index (χ2v) is 9.61. The van der Waals surface area contributed by atoms with Crippen LogP contribution < -0.4 is 4.74 Å². The van der Waals surface area contributed by atoms with Gasteiger partial charge in [0.05, 0.1) is 46.7 Å². The van der Waals surface area contributed by atoms with E-state index in [4.69, 9.17) is 26.1 Å². The fourth-order valence-electron chi connectivity index (χ4n) is 5.49. The van der Waals surface area contributed by atoms with Gasteiger partial charge in [-0.1, -0.05) is 16.8 Å². The van der Waals surface area contributed by atoms with E-state index in [1.54, 1.807) is 36.3 Å². The first kappa shape index (κ1) is 23.7. The van der Waals surface area contributed by atoms with Crippen molar-refractivity contribution in [2.45, 2.75) is 25.8 Å². The van der Waals surface area contributed by atoms with E-state index in [1.807, 2.05) is 20.0 Å². The molecule has 6 heterocycles. The summed E-state index contributed by atoms with van der Waals surface area (Å²) in [5.74, 6) is 0.0626. The van der Waals surface area contributed by atoms with Crippen LogP contribution in [0.25, 0.3) is 33.2 Å². The summed E-state index contributed by atoms with van der Waals surface area (Å²) >= 11 is 6.47. The summed E-state index contributed by atoms with van der Waals surface area (Å²) in [6.07, 6.45) is 4.93. The quantitative estimate of drug-likeness (QED) is 0.304. The van der Waals surface area contributed by atoms with Crippen molar-refractivity contribution in [3.05, 3.63) is 59.0 Å². The average Bonchev–Trinajstić information content (AvgIpc) is 3.41. The van der Waals surface area contributed by atoms with Crippen molar-refractivity contribution < 1.29 is 13.9 Å². The molecule has 6 rings (SSSR count). The lowest BCUT2D eigenvalue weighted by molar-refractivity contribution is 0.0543. The van der Waals surface area contributed by atoms with E-state index >= 15 is 4.39 Å². The molecule has 1 aliphatic rings. The minimum atomic E-state index is -0.434. The van der Waals surface area contributed by atoms with Crippen molar-refractivity contribution in [1.82, 2.24) is 34.5 Å². The molecule has 11 heteroatoms. The molecule has 0 unspecified atom stereocenters. The van der Waals surface area contributed by atoms with Crippen LogP contribution in [0.1, 0.15) is 30.3 Å². The Labute approximate surface area is 217 Å². The molecule has 1 aliphatic heterocycles. The lowest BCUT2D eigenvalue weighted by atomic mass is 9.88. The number of nitrogens with zero attached hydrogens (tertiary/aromatic N) is 7. The fourth-order valence-corrected chi connectivity index (χ4v) is 5.67. The summed E-state index contributed by atoms with van der Waals surface area (Å²) in [4.78, 5) is 13.8. The van der Waals surface area contributed by atoms with Gasteiger partial charge in [-0.25, -0.2) is 14.1 Å². The van der Waals surface area contributed by atoms with Gasteiger partial charge in [0, 0.05) is 44.3 Å². The predicted molar refractivity (Wildman–Crippen MR) is 137 cm³/mol. The predicted octanol–water partition coefficient (Wildman–Crippen LogP) is 4.90. The summed E-state index contributed by atoms with van der Waals surface area (Å²) < 4.78 is 30.5. The third-order valence-corrected chi connectivity index (χ3v) is 7.27. The van der Waals surface area contributed by atoms with Gasteiger partial charge >= 0.3 is 0 Å². The van der Waals surface area contributed by atoms with Crippen LogP contribution in [0.2, 0.25) is 5.15 Å². The van der Waals surface area contributed by atoms with Crippen LogP contribution in [0.4, 0.5) is 4.39 Å². The van der Waals surface area contributed by atoms with E-state index in [0.717, 1.165) is 40.8 Å². The Hall–Kier alpha value is -3.63. The molecule has 190 valence electrons. The summed E-state index contributed by atoms with van der Waals surface area (Å²) in [5, 5.41) is 9.34. The number of pyridine rings is 3. The molecule has 0 bridgehead atoms. The minimum absolute atomic E-state index is 0.0682. The van der Waals surface area contributed by atoms with Crippen molar-refractivity contribution >= 4 is 33.5 Å². The van der Waals surface area contributed by atoms with Crippen LogP contribution in [0.15, 0.2) is 36.7 Å². The Morgan fingerprint density at radius 3 is 2.70 bits per heavy atom. The molecule has 0 N–H and O–H groups in total. The average molecular weight is 522 g/mol. The first-order valence-corrected chi connectivity index (χ1v) is 12.4. The molecule has 0 spiro atoms. The molecule has 5 aromatic heterocycles. The van der Waals surface area contributed by atoms with Gasteiger partial charge in [-0.3, -0.25) is 9.97 Å². The third-order valence-electron chi connectivity index (χ3n) is 7.08. The van der Waals surface area contributed by atoms with Gasteiger partial charge in [-0.2, -0.15) is 0 Å². The first-order chi connectivity index (χ1) is 18.0. The number of aryl methyl sites for hydroxylation is 2. The van der Waals surface area contributed by atoms with Crippen LogP contribution in [0.3, 0.4) is 0 Å². The van der Waals surface area contributed by atoms with E-state index in [9.17, 15) is 0 Å². The summed E-state index contributed by atoms with van der Waals surface area (Å²) in [7, 11) is 3.39. The number of halogens is 2. The number of aromatic nitrogens is 7. The van der Waals surface area contributed by atoms with Gasteiger partial charge in [-0.15, -0.1) is 5.10 Å². The van der Waals surface area contributed by atoms with Crippen LogP contribution in [0, 0.1) is 18.7 Å². The van der Waals surface area contributed by atoms with Crippen LogP contribution in [-0.2, 0) is 11.8 Å². The van der Waals surface area contributed by atoms with Gasteiger partial charge in [0.1, 0.15) is 16.5 Å². The molecule has 1 fully saturated rings. The Kier molecular flexibility index (Phi) is 6.00. The Bertz CT molecular complexity index is 1610. The topological polar surface area (TPSA) is 92.8 Å². The third kappa shape index (κ3) is 3.91. The zero-order valence-corrected chi connectivity index (χ0v) is 21.4.